The van der Waals surface area contributed by atoms with Crippen molar-refractivity contribution in [2.45, 2.75) is 6.04 Å². The van der Waals surface area contributed by atoms with Crippen LogP contribution >= 0.6 is 0 Å². The van der Waals surface area contributed by atoms with Gasteiger partial charge in [0.1, 0.15) is 5.76 Å². The number of hydrogen-bond acceptors (Lipinski definition) is 4. The van der Waals surface area contributed by atoms with Gasteiger partial charge in [-0.05, 0) is 38.4 Å². The minimum absolute atomic E-state index is 0.00101. The van der Waals surface area contributed by atoms with E-state index in [9.17, 15) is 4.79 Å². The Labute approximate surface area is 105 Å². The van der Waals surface area contributed by atoms with Crippen molar-refractivity contribution < 1.29 is 13.6 Å². The molecule has 1 amide bonds. The molecule has 0 aliphatic heterocycles. The molecule has 5 heteroatoms. The summed E-state index contributed by atoms with van der Waals surface area (Å²) in [6, 6.07) is 7.04. The zero-order valence-electron chi connectivity index (χ0n) is 10.4. The van der Waals surface area contributed by atoms with E-state index in [0.717, 1.165) is 5.76 Å². The number of furan rings is 2. The van der Waals surface area contributed by atoms with Gasteiger partial charge < -0.3 is 14.2 Å². The normalized spacial score (nSPS) is 12.6. The summed E-state index contributed by atoms with van der Waals surface area (Å²) in [7, 11) is 3.87. The molecule has 2 heterocycles. The molecule has 0 aliphatic rings. The van der Waals surface area contributed by atoms with Crippen molar-refractivity contribution in [1.29, 1.82) is 0 Å². The average molecular weight is 248 g/mol. The van der Waals surface area contributed by atoms with Crippen LogP contribution in [0.5, 0.6) is 0 Å². The van der Waals surface area contributed by atoms with Crippen molar-refractivity contribution in [3.8, 4) is 0 Å². The van der Waals surface area contributed by atoms with E-state index in [1.807, 2.05) is 31.1 Å². The molecule has 0 aromatic carbocycles. The lowest BCUT2D eigenvalue weighted by Gasteiger charge is -2.22. The quantitative estimate of drug-likeness (QED) is 0.878. The van der Waals surface area contributed by atoms with Gasteiger partial charge in [-0.15, -0.1) is 0 Å². The van der Waals surface area contributed by atoms with Crippen LogP contribution in [0.3, 0.4) is 0 Å². The SMILES string of the molecule is CN(C)C(CNC(=O)c1ccco1)c1ccco1. The van der Waals surface area contributed by atoms with Gasteiger partial charge in [0, 0.05) is 6.54 Å². The molecule has 5 nitrogen and oxygen atoms in total. The number of nitrogens with one attached hydrogen (secondary N) is 1. The summed E-state index contributed by atoms with van der Waals surface area (Å²) in [5.74, 6) is 0.908. The number of carbonyl (C=O) groups excluding carboxylic acids is 1. The van der Waals surface area contributed by atoms with Gasteiger partial charge >= 0.3 is 0 Å². The molecule has 2 aromatic heterocycles. The van der Waals surface area contributed by atoms with Gasteiger partial charge in [-0.2, -0.15) is 0 Å². The highest BCUT2D eigenvalue weighted by Crippen LogP contribution is 2.17. The van der Waals surface area contributed by atoms with E-state index in [0.29, 0.717) is 12.3 Å². The lowest BCUT2D eigenvalue weighted by atomic mass is 10.2. The molecule has 0 bridgehead atoms. The Kier molecular flexibility index (Phi) is 3.84. The number of nitrogens with zero attached hydrogens (tertiary/aromatic N) is 1. The molecule has 2 rings (SSSR count). The predicted octanol–water partition coefficient (Wildman–Crippen LogP) is 1.91. The molecule has 0 radical (unpaired) electrons. The number of likely N-dealkylation sites (N-methyl/N-ethyl adjacent to an activating group) is 1. The Morgan fingerprint density at radius 2 is 2.00 bits per heavy atom. The van der Waals surface area contributed by atoms with Crippen LogP contribution in [0.2, 0.25) is 0 Å². The van der Waals surface area contributed by atoms with E-state index < -0.39 is 0 Å². The summed E-state index contributed by atoms with van der Waals surface area (Å²) in [5, 5.41) is 2.82. The zero-order valence-corrected chi connectivity index (χ0v) is 10.4. The fraction of sp³-hybridized carbons (Fsp3) is 0.308. The average Bonchev–Trinajstić information content (AvgIpc) is 3.01. The van der Waals surface area contributed by atoms with Crippen LogP contribution in [-0.2, 0) is 0 Å². The third-order valence-electron chi connectivity index (χ3n) is 2.70. The molecule has 1 N–H and O–H groups in total. The molecule has 0 saturated carbocycles. The second kappa shape index (κ2) is 5.55. The van der Waals surface area contributed by atoms with Crippen LogP contribution in [0.25, 0.3) is 0 Å². The van der Waals surface area contributed by atoms with Crippen LogP contribution < -0.4 is 5.32 Å². The van der Waals surface area contributed by atoms with E-state index in [1.54, 1.807) is 18.4 Å². The highest BCUT2D eigenvalue weighted by Gasteiger charge is 2.18. The molecule has 96 valence electrons. The van der Waals surface area contributed by atoms with E-state index >= 15 is 0 Å². The second-order valence-corrected chi connectivity index (χ2v) is 4.18. The van der Waals surface area contributed by atoms with Gasteiger partial charge in [-0.1, -0.05) is 0 Å². The van der Waals surface area contributed by atoms with Crippen LogP contribution in [0.1, 0.15) is 22.4 Å². The van der Waals surface area contributed by atoms with E-state index in [1.165, 1.54) is 6.26 Å². The fourth-order valence-corrected chi connectivity index (χ4v) is 1.70. The highest BCUT2D eigenvalue weighted by atomic mass is 16.3. The van der Waals surface area contributed by atoms with Gasteiger partial charge in [0.15, 0.2) is 5.76 Å². The van der Waals surface area contributed by atoms with Gasteiger partial charge in [0.05, 0.1) is 18.6 Å². The summed E-state index contributed by atoms with van der Waals surface area (Å²) >= 11 is 0. The van der Waals surface area contributed by atoms with Crippen LogP contribution in [0, 0.1) is 0 Å². The fourth-order valence-electron chi connectivity index (χ4n) is 1.70. The molecule has 0 spiro atoms. The smallest absolute Gasteiger partial charge is 0.287 e. The highest BCUT2D eigenvalue weighted by molar-refractivity contribution is 5.91. The first kappa shape index (κ1) is 12.4. The second-order valence-electron chi connectivity index (χ2n) is 4.18. The van der Waals surface area contributed by atoms with Crippen molar-refractivity contribution in [1.82, 2.24) is 10.2 Å². The van der Waals surface area contributed by atoms with Crippen molar-refractivity contribution in [3.05, 3.63) is 48.3 Å². The van der Waals surface area contributed by atoms with Gasteiger partial charge in [0.25, 0.3) is 5.91 Å². The maximum absolute atomic E-state index is 11.7. The largest absolute Gasteiger partial charge is 0.468 e. The molecule has 0 aliphatic carbocycles. The Balaban J connectivity index is 1.97. The van der Waals surface area contributed by atoms with Gasteiger partial charge in [-0.3, -0.25) is 9.69 Å². The lowest BCUT2D eigenvalue weighted by Crippen LogP contribution is -2.34. The maximum Gasteiger partial charge on any atom is 0.287 e. The van der Waals surface area contributed by atoms with Crippen molar-refractivity contribution >= 4 is 5.91 Å². The van der Waals surface area contributed by atoms with E-state index in [2.05, 4.69) is 5.32 Å². The van der Waals surface area contributed by atoms with Crippen molar-refractivity contribution in [3.63, 3.8) is 0 Å². The maximum atomic E-state index is 11.7. The first-order valence-corrected chi connectivity index (χ1v) is 5.70. The number of hydrogen-bond donors (Lipinski definition) is 1. The third kappa shape index (κ3) is 2.81. The number of amides is 1. The summed E-state index contributed by atoms with van der Waals surface area (Å²) < 4.78 is 10.4. The predicted molar refractivity (Wildman–Crippen MR) is 66.2 cm³/mol. The Bertz CT molecular complexity index is 474. The van der Waals surface area contributed by atoms with Crippen molar-refractivity contribution in [2.24, 2.45) is 0 Å². The van der Waals surface area contributed by atoms with Gasteiger partial charge in [-0.25, -0.2) is 0 Å². The lowest BCUT2D eigenvalue weighted by molar-refractivity contribution is 0.0911. The molecule has 0 fully saturated rings. The molecular formula is C13H16N2O3. The monoisotopic (exact) mass is 248 g/mol. The molecule has 18 heavy (non-hydrogen) atoms. The van der Waals surface area contributed by atoms with Crippen molar-refractivity contribution in [2.75, 3.05) is 20.6 Å². The van der Waals surface area contributed by atoms with Crippen LogP contribution in [-0.4, -0.2) is 31.4 Å². The first-order valence-electron chi connectivity index (χ1n) is 5.70. The molecule has 0 saturated heterocycles. The third-order valence-corrected chi connectivity index (χ3v) is 2.70. The summed E-state index contributed by atoms with van der Waals surface area (Å²) in [4.78, 5) is 13.7. The van der Waals surface area contributed by atoms with Crippen LogP contribution in [0.15, 0.2) is 45.6 Å². The standard InChI is InChI=1S/C13H16N2O3/c1-15(2)10(11-5-3-7-17-11)9-14-13(16)12-6-4-8-18-12/h3-8,10H,9H2,1-2H3,(H,14,16). The van der Waals surface area contributed by atoms with E-state index in [4.69, 9.17) is 8.83 Å². The zero-order chi connectivity index (χ0) is 13.0. The Morgan fingerprint density at radius 3 is 2.56 bits per heavy atom. The summed E-state index contributed by atoms with van der Waals surface area (Å²) in [6.07, 6.45) is 3.10. The topological polar surface area (TPSA) is 58.6 Å². The molecule has 2 aromatic rings. The molecule has 1 unspecified atom stereocenters. The minimum atomic E-state index is -0.224. The number of carbonyl (C=O) groups is 1. The summed E-state index contributed by atoms with van der Waals surface area (Å²) in [6.45, 7) is 0.458. The molecule has 1 atom stereocenters. The van der Waals surface area contributed by atoms with E-state index in [-0.39, 0.29) is 11.9 Å². The Morgan fingerprint density at radius 1 is 1.28 bits per heavy atom. The van der Waals surface area contributed by atoms with Crippen LogP contribution in [0.4, 0.5) is 0 Å². The Hall–Kier alpha value is -2.01. The summed E-state index contributed by atoms with van der Waals surface area (Å²) in [5.41, 5.74) is 0. The minimum Gasteiger partial charge on any atom is -0.468 e. The molecular weight excluding hydrogens is 232 g/mol. The first-order chi connectivity index (χ1) is 8.68. The van der Waals surface area contributed by atoms with Gasteiger partial charge in [0.2, 0.25) is 0 Å². The number of rotatable bonds is 5.